The maximum absolute atomic E-state index is 12.8. The molecule has 0 N–H and O–H groups in total. The number of amides is 1. The number of benzene rings is 1. The van der Waals surface area contributed by atoms with Gasteiger partial charge in [-0.15, -0.1) is 4.21 Å². The lowest BCUT2D eigenvalue weighted by molar-refractivity contribution is 0.0787. The van der Waals surface area contributed by atoms with E-state index < -0.39 is 10.2 Å². The van der Waals surface area contributed by atoms with Crippen molar-refractivity contribution in [3.05, 3.63) is 42.2 Å². The van der Waals surface area contributed by atoms with Crippen LogP contribution in [-0.2, 0) is 21.5 Å². The molecule has 1 aliphatic rings. The normalized spacial score (nSPS) is 16.6. The Morgan fingerprint density at radius 3 is 2.48 bits per heavy atom. The molecule has 0 radical (unpaired) electrons. The van der Waals surface area contributed by atoms with E-state index in [-0.39, 0.29) is 10.8 Å². The highest BCUT2D eigenvalue weighted by molar-refractivity contribution is 7.97. The first-order chi connectivity index (χ1) is 12.8. The van der Waals surface area contributed by atoms with Crippen LogP contribution in [0.3, 0.4) is 0 Å². The van der Waals surface area contributed by atoms with Gasteiger partial charge in [0, 0.05) is 25.5 Å². The SMILES string of the molecule is Cn1ncc2c(-c3ccc([S+](C)(=O)[O-])cc3)cc(C(=O)N3CCCC3)nc21. The van der Waals surface area contributed by atoms with Crippen molar-refractivity contribution in [2.75, 3.05) is 19.3 Å². The zero-order chi connectivity index (χ0) is 19.2. The van der Waals surface area contributed by atoms with Gasteiger partial charge in [-0.1, -0.05) is 0 Å². The number of carbonyl (C=O) groups is 1. The molecule has 1 amide bonds. The van der Waals surface area contributed by atoms with Crippen LogP contribution in [0.5, 0.6) is 0 Å². The summed E-state index contributed by atoms with van der Waals surface area (Å²) in [5.74, 6) is -0.0791. The number of hydrogen-bond donors (Lipinski definition) is 0. The third-order valence-electron chi connectivity index (χ3n) is 4.91. The fraction of sp³-hybridized carbons (Fsp3) is 0.316. The van der Waals surface area contributed by atoms with Crippen LogP contribution in [0.25, 0.3) is 22.2 Å². The van der Waals surface area contributed by atoms with E-state index in [0.717, 1.165) is 42.4 Å². The molecule has 1 fully saturated rings. The second-order valence-corrected chi connectivity index (χ2v) is 8.87. The van der Waals surface area contributed by atoms with Gasteiger partial charge in [0.2, 0.25) is 0 Å². The highest BCUT2D eigenvalue weighted by atomic mass is 32.3. The van der Waals surface area contributed by atoms with Crippen molar-refractivity contribution in [3.8, 4) is 11.1 Å². The van der Waals surface area contributed by atoms with E-state index in [0.29, 0.717) is 11.3 Å². The van der Waals surface area contributed by atoms with Crippen LogP contribution in [0.4, 0.5) is 0 Å². The van der Waals surface area contributed by atoms with Gasteiger partial charge in [0.25, 0.3) is 5.91 Å². The minimum Gasteiger partial charge on any atom is -0.610 e. The van der Waals surface area contributed by atoms with Crippen molar-refractivity contribution in [3.63, 3.8) is 0 Å². The number of sulfone groups is 1. The van der Waals surface area contributed by atoms with Gasteiger partial charge in [0.05, 0.1) is 16.4 Å². The van der Waals surface area contributed by atoms with Gasteiger partial charge < -0.3 is 9.45 Å². The minimum atomic E-state index is -3.26. The molecule has 4 rings (SSSR count). The second kappa shape index (κ2) is 6.54. The molecule has 8 heteroatoms. The topological polar surface area (TPSA) is 91.2 Å². The molecule has 1 aliphatic heterocycles. The average Bonchev–Trinajstić information content (AvgIpc) is 3.30. The van der Waals surface area contributed by atoms with Gasteiger partial charge in [0.15, 0.2) is 10.5 Å². The summed E-state index contributed by atoms with van der Waals surface area (Å²) in [5, 5.41) is 5.09. The van der Waals surface area contributed by atoms with Crippen molar-refractivity contribution >= 4 is 27.2 Å². The molecule has 140 valence electrons. The van der Waals surface area contributed by atoms with E-state index >= 15 is 0 Å². The first-order valence-corrected chi connectivity index (χ1v) is 10.7. The monoisotopic (exact) mass is 384 g/mol. The number of carbonyl (C=O) groups excluding carboxylic acids is 1. The number of likely N-dealkylation sites (tertiary alicyclic amines) is 1. The van der Waals surface area contributed by atoms with Crippen molar-refractivity contribution in [2.24, 2.45) is 7.05 Å². The largest absolute Gasteiger partial charge is 0.610 e. The van der Waals surface area contributed by atoms with Crippen molar-refractivity contribution in [1.29, 1.82) is 0 Å². The third kappa shape index (κ3) is 3.26. The van der Waals surface area contributed by atoms with Gasteiger partial charge in [-0.25, -0.2) is 4.98 Å². The summed E-state index contributed by atoms with van der Waals surface area (Å²) in [6.07, 6.45) is 4.92. The van der Waals surface area contributed by atoms with Crippen LogP contribution in [0.1, 0.15) is 23.3 Å². The quantitative estimate of drug-likeness (QED) is 0.647. The Labute approximate surface area is 158 Å². The van der Waals surface area contributed by atoms with Gasteiger partial charge in [0.1, 0.15) is 11.9 Å². The number of aryl methyl sites for hydroxylation is 1. The minimum absolute atomic E-state index is 0.0791. The Balaban J connectivity index is 1.84. The molecule has 1 atom stereocenters. The number of hydrogen-bond acceptors (Lipinski definition) is 5. The smallest absolute Gasteiger partial charge is 0.272 e. The molecular weight excluding hydrogens is 364 g/mol. The van der Waals surface area contributed by atoms with E-state index in [1.54, 1.807) is 48.3 Å². The van der Waals surface area contributed by atoms with Crippen LogP contribution < -0.4 is 0 Å². The van der Waals surface area contributed by atoms with E-state index in [1.807, 2.05) is 4.90 Å². The number of fused-ring (bicyclic) bond motifs is 1. The summed E-state index contributed by atoms with van der Waals surface area (Å²) in [6, 6.07) is 8.44. The van der Waals surface area contributed by atoms with Gasteiger partial charge >= 0.3 is 0 Å². The zero-order valence-electron chi connectivity index (χ0n) is 15.2. The summed E-state index contributed by atoms with van der Waals surface area (Å²) < 4.78 is 25.1. The van der Waals surface area contributed by atoms with E-state index in [2.05, 4.69) is 10.1 Å². The van der Waals surface area contributed by atoms with Crippen LogP contribution in [0, 0.1) is 0 Å². The van der Waals surface area contributed by atoms with Crippen LogP contribution in [0.2, 0.25) is 0 Å². The summed E-state index contributed by atoms with van der Waals surface area (Å²) in [7, 11) is -1.47. The van der Waals surface area contributed by atoms with Gasteiger partial charge in [-0.3, -0.25) is 9.48 Å². The van der Waals surface area contributed by atoms with Crippen molar-refractivity contribution in [1.82, 2.24) is 19.7 Å². The molecule has 0 spiro atoms. The molecule has 2 aromatic heterocycles. The molecule has 1 aromatic carbocycles. The Morgan fingerprint density at radius 1 is 1.19 bits per heavy atom. The molecule has 1 unspecified atom stereocenters. The molecule has 3 heterocycles. The Hall–Kier alpha value is -2.58. The Kier molecular flexibility index (Phi) is 4.32. The lowest BCUT2D eigenvalue weighted by Gasteiger charge is -2.16. The summed E-state index contributed by atoms with van der Waals surface area (Å²) in [5.41, 5.74) is 2.64. The fourth-order valence-electron chi connectivity index (χ4n) is 3.43. The predicted molar refractivity (Wildman–Crippen MR) is 102 cm³/mol. The number of nitrogens with zero attached hydrogens (tertiary/aromatic N) is 4. The van der Waals surface area contributed by atoms with Gasteiger partial charge in [-0.2, -0.15) is 5.10 Å². The molecular formula is C19H20N4O3S. The van der Waals surface area contributed by atoms with Crippen LogP contribution >= 0.6 is 0 Å². The lowest BCUT2D eigenvalue weighted by atomic mass is 10.0. The molecule has 0 bridgehead atoms. The molecule has 7 nitrogen and oxygen atoms in total. The van der Waals surface area contributed by atoms with Crippen LogP contribution in [0.15, 0.2) is 41.4 Å². The molecule has 1 saturated heterocycles. The van der Waals surface area contributed by atoms with Crippen molar-refractivity contribution < 1.29 is 13.6 Å². The summed E-state index contributed by atoms with van der Waals surface area (Å²) in [4.78, 5) is 19.5. The Morgan fingerprint density at radius 2 is 1.85 bits per heavy atom. The molecule has 3 aromatic rings. The number of pyridine rings is 1. The Bertz CT molecular complexity index is 1060. The third-order valence-corrected chi connectivity index (χ3v) is 6.04. The first kappa shape index (κ1) is 17.8. The standard InChI is InChI=1S/C19H20N4O3S/c1-22-18-16(12-20-22)15(13-5-7-14(8-6-13)27(2,25)26)11-17(21-18)19(24)23-9-3-4-10-23/h5-8,11-12H,3-4,9-10H2,1-2H3. The van der Waals surface area contributed by atoms with Crippen LogP contribution in [-0.4, -0.2) is 49.5 Å². The average molecular weight is 384 g/mol. The number of aromatic nitrogens is 3. The maximum atomic E-state index is 12.8. The van der Waals surface area contributed by atoms with E-state index in [9.17, 15) is 13.6 Å². The molecule has 27 heavy (non-hydrogen) atoms. The van der Waals surface area contributed by atoms with E-state index in [4.69, 9.17) is 0 Å². The predicted octanol–water partition coefficient (Wildman–Crippen LogP) is 2.49. The molecule has 0 aliphatic carbocycles. The second-order valence-electron chi connectivity index (χ2n) is 6.86. The fourth-order valence-corrected chi connectivity index (χ4v) is 4.06. The van der Waals surface area contributed by atoms with E-state index in [1.165, 1.54) is 6.26 Å². The zero-order valence-corrected chi connectivity index (χ0v) is 16.0. The molecule has 0 saturated carbocycles. The highest BCUT2D eigenvalue weighted by Crippen LogP contribution is 2.30. The van der Waals surface area contributed by atoms with Crippen molar-refractivity contribution in [2.45, 2.75) is 17.7 Å². The number of rotatable bonds is 3. The summed E-state index contributed by atoms with van der Waals surface area (Å²) >= 11 is 0. The summed E-state index contributed by atoms with van der Waals surface area (Å²) in [6.45, 7) is 1.50. The maximum Gasteiger partial charge on any atom is 0.272 e. The van der Waals surface area contributed by atoms with Gasteiger partial charge in [-0.05, 0) is 54.3 Å². The first-order valence-electron chi connectivity index (χ1n) is 8.77. The highest BCUT2D eigenvalue weighted by Gasteiger charge is 2.23. The lowest BCUT2D eigenvalue weighted by Crippen LogP contribution is -2.28.